The first-order valence-corrected chi connectivity index (χ1v) is 2.70. The maximum absolute atomic E-state index is 10.7. The Morgan fingerprint density at radius 1 is 1.89 bits per heavy atom. The first kappa shape index (κ1) is 5.88. The number of rotatable bonds is 1. The van der Waals surface area contributed by atoms with Crippen molar-refractivity contribution in [1.29, 1.82) is 0 Å². The SMILES string of the molecule is C=CC1=CNCC=[N+]1[O-]. The van der Waals surface area contributed by atoms with Gasteiger partial charge in [0, 0.05) is 6.08 Å². The molecule has 1 N–H and O–H groups in total. The largest absolute Gasteiger partial charge is 0.618 e. The Balaban J connectivity index is 2.79. The summed E-state index contributed by atoms with van der Waals surface area (Å²) in [5, 5.41) is 13.6. The number of allylic oxidation sites excluding steroid dienone is 1. The van der Waals surface area contributed by atoms with Gasteiger partial charge in [-0.15, -0.1) is 0 Å². The lowest BCUT2D eigenvalue weighted by molar-refractivity contribution is -0.393. The van der Waals surface area contributed by atoms with Crippen LogP contribution in [0.5, 0.6) is 0 Å². The van der Waals surface area contributed by atoms with Gasteiger partial charge in [-0.05, 0) is 0 Å². The summed E-state index contributed by atoms with van der Waals surface area (Å²) in [6, 6.07) is 0. The van der Waals surface area contributed by atoms with Crippen LogP contribution in [0, 0.1) is 5.21 Å². The van der Waals surface area contributed by atoms with Gasteiger partial charge in [0.1, 0.15) is 0 Å². The zero-order valence-electron chi connectivity index (χ0n) is 5.00. The van der Waals surface area contributed by atoms with E-state index in [1.54, 1.807) is 6.20 Å². The van der Waals surface area contributed by atoms with E-state index in [4.69, 9.17) is 0 Å². The molecule has 0 radical (unpaired) electrons. The fourth-order valence-electron chi connectivity index (χ4n) is 0.617. The molecule has 3 heteroatoms. The highest BCUT2D eigenvalue weighted by atomic mass is 16.5. The van der Waals surface area contributed by atoms with Crippen LogP contribution >= 0.6 is 0 Å². The first-order valence-electron chi connectivity index (χ1n) is 2.70. The molecule has 0 fully saturated rings. The summed E-state index contributed by atoms with van der Waals surface area (Å²) in [6.07, 6.45) is 4.66. The molecule has 1 heterocycles. The van der Waals surface area contributed by atoms with Crippen molar-refractivity contribution in [2.45, 2.75) is 0 Å². The molecule has 0 unspecified atom stereocenters. The molecule has 0 spiro atoms. The Bertz CT molecular complexity index is 181. The molecule has 0 aromatic carbocycles. The van der Waals surface area contributed by atoms with Gasteiger partial charge in [0.05, 0.1) is 12.7 Å². The number of hydrogen-bond acceptors (Lipinski definition) is 2. The number of hydroxylamine groups is 1. The summed E-state index contributed by atoms with van der Waals surface area (Å²) in [6.45, 7) is 4.06. The molecule has 0 saturated carbocycles. The van der Waals surface area contributed by atoms with Crippen molar-refractivity contribution < 1.29 is 4.74 Å². The molecule has 3 nitrogen and oxygen atoms in total. The van der Waals surface area contributed by atoms with Gasteiger partial charge in [0.25, 0.3) is 0 Å². The topological polar surface area (TPSA) is 38.1 Å². The highest BCUT2D eigenvalue weighted by Crippen LogP contribution is 1.95. The molecule has 1 aliphatic rings. The predicted octanol–water partition coefficient (Wildman–Crippen LogP) is 0.198. The van der Waals surface area contributed by atoms with Gasteiger partial charge >= 0.3 is 0 Å². The molecule has 48 valence electrons. The van der Waals surface area contributed by atoms with Crippen LogP contribution in [-0.2, 0) is 0 Å². The summed E-state index contributed by atoms with van der Waals surface area (Å²) in [5.74, 6) is 0. The van der Waals surface area contributed by atoms with Gasteiger partial charge in [0.15, 0.2) is 6.21 Å². The lowest BCUT2D eigenvalue weighted by Gasteiger charge is -2.07. The van der Waals surface area contributed by atoms with Crippen molar-refractivity contribution in [2.75, 3.05) is 6.54 Å². The van der Waals surface area contributed by atoms with E-state index < -0.39 is 0 Å². The predicted molar refractivity (Wildman–Crippen MR) is 36.0 cm³/mol. The van der Waals surface area contributed by atoms with Crippen LogP contribution in [0.1, 0.15) is 0 Å². The van der Waals surface area contributed by atoms with Gasteiger partial charge in [-0.1, -0.05) is 6.58 Å². The number of nitrogens with zero attached hydrogens (tertiary/aromatic N) is 1. The minimum Gasteiger partial charge on any atom is -0.618 e. The molecule has 0 amide bonds. The van der Waals surface area contributed by atoms with Crippen LogP contribution in [0.3, 0.4) is 0 Å². The average molecular weight is 124 g/mol. The van der Waals surface area contributed by atoms with Gasteiger partial charge in [-0.25, -0.2) is 0 Å². The average Bonchev–Trinajstić information content (AvgIpc) is 1.89. The Morgan fingerprint density at radius 2 is 2.67 bits per heavy atom. The van der Waals surface area contributed by atoms with Gasteiger partial charge in [0.2, 0.25) is 5.70 Å². The van der Waals surface area contributed by atoms with Crippen molar-refractivity contribution in [3.63, 3.8) is 0 Å². The van der Waals surface area contributed by atoms with E-state index in [0.29, 0.717) is 12.2 Å². The maximum atomic E-state index is 10.7. The molecule has 0 aliphatic carbocycles. The van der Waals surface area contributed by atoms with Crippen molar-refractivity contribution >= 4 is 6.21 Å². The van der Waals surface area contributed by atoms with Crippen molar-refractivity contribution in [2.24, 2.45) is 0 Å². The van der Waals surface area contributed by atoms with Gasteiger partial charge in [-0.3, -0.25) is 0 Å². The summed E-state index contributed by atoms with van der Waals surface area (Å²) in [7, 11) is 0. The lowest BCUT2D eigenvalue weighted by Crippen LogP contribution is -2.21. The summed E-state index contributed by atoms with van der Waals surface area (Å²) >= 11 is 0. The van der Waals surface area contributed by atoms with Crippen LogP contribution in [0.15, 0.2) is 24.6 Å². The first-order chi connectivity index (χ1) is 4.34. The molecule has 1 rings (SSSR count). The molecular weight excluding hydrogens is 116 g/mol. The van der Waals surface area contributed by atoms with Crippen molar-refractivity contribution in [1.82, 2.24) is 5.32 Å². The van der Waals surface area contributed by atoms with Crippen molar-refractivity contribution in [3.8, 4) is 0 Å². The monoisotopic (exact) mass is 124 g/mol. The third kappa shape index (κ3) is 1.10. The quantitative estimate of drug-likeness (QED) is 0.400. The Kier molecular flexibility index (Phi) is 1.53. The fourth-order valence-corrected chi connectivity index (χ4v) is 0.617. The van der Waals surface area contributed by atoms with Crippen LogP contribution in [0.2, 0.25) is 0 Å². The number of hydrogen-bond donors (Lipinski definition) is 1. The molecule has 0 bridgehead atoms. The zero-order chi connectivity index (χ0) is 6.69. The summed E-state index contributed by atoms with van der Waals surface area (Å²) < 4.78 is 0.795. The minimum absolute atomic E-state index is 0.557. The van der Waals surface area contributed by atoms with Crippen LogP contribution in [-0.4, -0.2) is 17.5 Å². The molecule has 1 aliphatic heterocycles. The van der Waals surface area contributed by atoms with Crippen LogP contribution < -0.4 is 5.32 Å². The highest BCUT2D eigenvalue weighted by molar-refractivity contribution is 5.56. The van der Waals surface area contributed by atoms with E-state index in [1.165, 1.54) is 12.3 Å². The summed E-state index contributed by atoms with van der Waals surface area (Å²) in [5.41, 5.74) is 0.557. The molecule has 0 atom stereocenters. The molecule has 0 aromatic heterocycles. The molecule has 9 heavy (non-hydrogen) atoms. The third-order valence-corrected chi connectivity index (χ3v) is 1.09. The van der Waals surface area contributed by atoms with Crippen LogP contribution in [0.25, 0.3) is 0 Å². The second kappa shape index (κ2) is 2.35. The highest BCUT2D eigenvalue weighted by Gasteiger charge is 2.03. The normalized spacial score (nSPS) is 17.3. The minimum atomic E-state index is 0.557. The molecular formula is C6H8N2O. The molecule has 0 saturated heterocycles. The Hall–Kier alpha value is -1.25. The smallest absolute Gasteiger partial charge is 0.231 e. The summed E-state index contributed by atoms with van der Waals surface area (Å²) in [4.78, 5) is 0. The van der Waals surface area contributed by atoms with Gasteiger partial charge < -0.3 is 10.5 Å². The number of nitrogens with one attached hydrogen (secondary N) is 1. The Morgan fingerprint density at radius 3 is 3.11 bits per heavy atom. The van der Waals surface area contributed by atoms with E-state index in [9.17, 15) is 5.21 Å². The van der Waals surface area contributed by atoms with E-state index in [2.05, 4.69) is 11.9 Å². The fraction of sp³-hybridized carbons (Fsp3) is 0.167. The maximum Gasteiger partial charge on any atom is 0.231 e. The third-order valence-electron chi connectivity index (χ3n) is 1.09. The standard InChI is InChI=1S/C6H8N2O/c1-2-6-5-7-3-4-8(6)9/h2,4-5,7H,1,3H2. The van der Waals surface area contributed by atoms with E-state index in [1.807, 2.05) is 0 Å². The van der Waals surface area contributed by atoms with Gasteiger partial charge in [-0.2, -0.15) is 4.74 Å². The molecule has 0 aromatic rings. The van der Waals surface area contributed by atoms with E-state index in [-0.39, 0.29) is 0 Å². The Labute approximate surface area is 53.6 Å². The zero-order valence-corrected chi connectivity index (χ0v) is 5.00. The van der Waals surface area contributed by atoms with E-state index >= 15 is 0 Å². The lowest BCUT2D eigenvalue weighted by atomic mass is 10.4. The van der Waals surface area contributed by atoms with Crippen LogP contribution in [0.4, 0.5) is 0 Å². The second-order valence-corrected chi connectivity index (χ2v) is 1.69. The second-order valence-electron chi connectivity index (χ2n) is 1.69. The van der Waals surface area contributed by atoms with E-state index in [0.717, 1.165) is 4.74 Å². The van der Waals surface area contributed by atoms with Crippen molar-refractivity contribution in [3.05, 3.63) is 29.8 Å².